The molecule has 3 aromatic heterocycles. The molecule has 10 nitrogen and oxygen atoms in total. The zero-order valence-electron chi connectivity index (χ0n) is 20.8. The number of anilines is 1. The van der Waals surface area contributed by atoms with Crippen molar-refractivity contribution in [1.29, 1.82) is 0 Å². The van der Waals surface area contributed by atoms with Crippen molar-refractivity contribution < 1.29 is 31.5 Å². The lowest BCUT2D eigenvalue weighted by molar-refractivity contribution is -0.140. The first-order valence-electron chi connectivity index (χ1n) is 12.2. The van der Waals surface area contributed by atoms with Crippen LogP contribution in [0, 0.1) is 5.82 Å². The van der Waals surface area contributed by atoms with Crippen molar-refractivity contribution in [3.8, 4) is 17.0 Å². The number of nitrogens with one attached hydrogen (secondary N) is 1. The number of amides is 1. The van der Waals surface area contributed by atoms with Crippen molar-refractivity contribution in [2.24, 2.45) is 0 Å². The van der Waals surface area contributed by atoms with Crippen molar-refractivity contribution >= 4 is 28.4 Å². The summed E-state index contributed by atoms with van der Waals surface area (Å²) in [6.45, 7) is 0.628. The fourth-order valence-electron chi connectivity index (χ4n) is 5.21. The third-order valence-electron chi connectivity index (χ3n) is 7.27. The molecule has 2 fully saturated rings. The SMILES string of the molecule is COc1nc(N[C@@H]2CCN(C(C)=O)CC2(F)F)nn2cc(F)c(-c3ccc4nnn(C5CC(F)(F)C5)c4c3)c12. The minimum Gasteiger partial charge on any atom is -0.479 e. The monoisotopic (exact) mass is 550 g/mol. The van der Waals surface area contributed by atoms with E-state index in [0.29, 0.717) is 16.6 Å². The number of carbonyl (C=O) groups is 1. The number of likely N-dealkylation sites (tertiary alicyclic amines) is 1. The Morgan fingerprint density at radius 3 is 2.64 bits per heavy atom. The highest BCUT2D eigenvalue weighted by atomic mass is 19.3. The molecule has 1 atom stereocenters. The van der Waals surface area contributed by atoms with E-state index in [1.54, 1.807) is 18.2 Å². The average Bonchev–Trinajstić information content (AvgIpc) is 3.42. The van der Waals surface area contributed by atoms with Gasteiger partial charge in [-0.25, -0.2) is 31.1 Å². The van der Waals surface area contributed by atoms with Gasteiger partial charge in [0.05, 0.1) is 43.0 Å². The second-order valence-corrected chi connectivity index (χ2v) is 9.93. The first-order valence-corrected chi connectivity index (χ1v) is 12.2. The summed E-state index contributed by atoms with van der Waals surface area (Å²) in [6, 6.07) is 2.92. The maximum absolute atomic E-state index is 15.3. The average molecular weight is 550 g/mol. The molecule has 4 heterocycles. The molecular weight excluding hydrogens is 527 g/mol. The summed E-state index contributed by atoms with van der Waals surface area (Å²) in [6.07, 6.45) is 0.311. The largest absolute Gasteiger partial charge is 0.479 e. The molecule has 0 unspecified atom stereocenters. The summed E-state index contributed by atoms with van der Waals surface area (Å²) in [5.74, 6) is -7.40. The predicted octanol–water partition coefficient (Wildman–Crippen LogP) is 3.93. The van der Waals surface area contributed by atoms with E-state index in [-0.39, 0.29) is 48.7 Å². The second kappa shape index (κ2) is 8.74. The topological polar surface area (TPSA) is 102 Å². The van der Waals surface area contributed by atoms with Crippen LogP contribution in [0.2, 0.25) is 0 Å². The molecule has 39 heavy (non-hydrogen) atoms. The number of hydrogen-bond donors (Lipinski definition) is 1. The molecule has 206 valence electrons. The molecule has 1 N–H and O–H groups in total. The van der Waals surface area contributed by atoms with E-state index >= 15 is 4.39 Å². The standard InChI is InChI=1S/C24H23F5N8O2/c1-12(38)35-6-5-18(24(28,29)11-35)30-22-31-21(39-2)20-19(15(25)10-36(20)33-22)13-3-4-16-17(7-13)37(34-32-16)14-8-23(26,27)9-14/h3-4,7,10,14,18H,5-6,8-9,11H2,1-2H3,(H,30,33)/t18-/m1/s1. The van der Waals surface area contributed by atoms with E-state index in [9.17, 15) is 22.4 Å². The Labute approximate surface area is 217 Å². The van der Waals surface area contributed by atoms with Gasteiger partial charge >= 0.3 is 0 Å². The molecule has 1 aliphatic heterocycles. The lowest BCUT2D eigenvalue weighted by Crippen LogP contribution is -2.55. The number of benzene rings is 1. The molecule has 2 aliphatic rings. The van der Waals surface area contributed by atoms with Crippen LogP contribution in [0.3, 0.4) is 0 Å². The summed E-state index contributed by atoms with van der Waals surface area (Å²) in [4.78, 5) is 16.8. The number of ether oxygens (including phenoxy) is 1. The molecule has 0 spiro atoms. The van der Waals surface area contributed by atoms with Crippen LogP contribution in [0.4, 0.5) is 27.9 Å². The van der Waals surface area contributed by atoms with E-state index in [4.69, 9.17) is 4.74 Å². The summed E-state index contributed by atoms with van der Waals surface area (Å²) in [7, 11) is 1.31. The molecule has 1 amide bonds. The van der Waals surface area contributed by atoms with Gasteiger partial charge in [0, 0.05) is 26.3 Å². The maximum Gasteiger partial charge on any atom is 0.285 e. The zero-order valence-corrected chi connectivity index (χ0v) is 20.8. The number of methoxy groups -OCH3 is 1. The molecule has 1 saturated carbocycles. The Morgan fingerprint density at radius 2 is 1.97 bits per heavy atom. The molecule has 1 aromatic carbocycles. The summed E-state index contributed by atoms with van der Waals surface area (Å²) in [5.41, 5.74) is 1.52. The minimum atomic E-state index is -3.25. The van der Waals surface area contributed by atoms with E-state index < -0.39 is 42.2 Å². The highest BCUT2D eigenvalue weighted by Gasteiger charge is 2.47. The normalized spacial score (nSPS) is 20.8. The van der Waals surface area contributed by atoms with Crippen molar-refractivity contribution in [2.45, 2.75) is 50.1 Å². The third-order valence-corrected chi connectivity index (χ3v) is 7.27. The van der Waals surface area contributed by atoms with Crippen LogP contribution in [-0.2, 0) is 4.79 Å². The maximum atomic E-state index is 15.3. The Bertz CT molecular complexity index is 1590. The zero-order chi connectivity index (χ0) is 27.7. The lowest BCUT2D eigenvalue weighted by atomic mass is 9.88. The number of carbonyl (C=O) groups excluding carboxylic acids is 1. The number of fused-ring (bicyclic) bond motifs is 2. The number of hydrogen-bond acceptors (Lipinski definition) is 7. The number of aromatic nitrogens is 6. The molecule has 0 radical (unpaired) electrons. The fraction of sp³-hybridized carbons (Fsp3) is 0.458. The highest BCUT2D eigenvalue weighted by molar-refractivity contribution is 5.90. The van der Waals surface area contributed by atoms with Crippen LogP contribution in [0.1, 0.15) is 32.2 Å². The van der Waals surface area contributed by atoms with Gasteiger partial charge < -0.3 is 15.0 Å². The molecule has 1 aliphatic carbocycles. The number of piperidine rings is 1. The smallest absolute Gasteiger partial charge is 0.285 e. The molecule has 1 saturated heterocycles. The van der Waals surface area contributed by atoms with Crippen LogP contribution in [-0.4, -0.2) is 78.5 Å². The number of alkyl halides is 4. The molecular formula is C24H23F5N8O2. The van der Waals surface area contributed by atoms with Gasteiger partial charge in [-0.15, -0.1) is 10.2 Å². The third kappa shape index (κ3) is 4.29. The number of halogens is 5. The Morgan fingerprint density at radius 1 is 1.21 bits per heavy atom. The number of nitrogens with zero attached hydrogens (tertiary/aromatic N) is 7. The Kier molecular flexibility index (Phi) is 5.66. The minimum absolute atomic E-state index is 0.0454. The van der Waals surface area contributed by atoms with E-state index in [2.05, 4.69) is 25.7 Å². The van der Waals surface area contributed by atoms with Crippen LogP contribution >= 0.6 is 0 Å². The van der Waals surface area contributed by atoms with Gasteiger partial charge in [-0.3, -0.25) is 4.79 Å². The first kappa shape index (κ1) is 25.2. The Balaban J connectivity index is 1.36. The second-order valence-electron chi connectivity index (χ2n) is 9.93. The van der Waals surface area contributed by atoms with E-state index in [1.807, 2.05) is 0 Å². The quantitative estimate of drug-likeness (QED) is 0.376. The molecule has 4 aromatic rings. The predicted molar refractivity (Wildman–Crippen MR) is 128 cm³/mol. The Hall–Kier alpha value is -4.04. The van der Waals surface area contributed by atoms with Gasteiger partial charge in [0.25, 0.3) is 11.8 Å². The van der Waals surface area contributed by atoms with Crippen LogP contribution in [0.25, 0.3) is 27.7 Å². The molecule has 0 bridgehead atoms. The van der Waals surface area contributed by atoms with Crippen LogP contribution in [0.5, 0.6) is 5.88 Å². The van der Waals surface area contributed by atoms with Crippen molar-refractivity contribution in [3.63, 3.8) is 0 Å². The van der Waals surface area contributed by atoms with Gasteiger partial charge in [0.1, 0.15) is 11.0 Å². The van der Waals surface area contributed by atoms with Crippen LogP contribution < -0.4 is 10.1 Å². The van der Waals surface area contributed by atoms with Gasteiger partial charge in [-0.1, -0.05) is 11.3 Å². The van der Waals surface area contributed by atoms with E-state index in [0.717, 1.165) is 15.6 Å². The highest BCUT2D eigenvalue weighted by Crippen LogP contribution is 2.46. The fourth-order valence-corrected chi connectivity index (χ4v) is 5.21. The van der Waals surface area contributed by atoms with Gasteiger partial charge in [0.15, 0.2) is 5.82 Å². The summed E-state index contributed by atoms with van der Waals surface area (Å²) in [5, 5.41) is 14.8. The van der Waals surface area contributed by atoms with Gasteiger partial charge in [-0.2, -0.15) is 4.98 Å². The van der Waals surface area contributed by atoms with Crippen molar-refractivity contribution in [3.05, 3.63) is 30.2 Å². The summed E-state index contributed by atoms with van der Waals surface area (Å²) >= 11 is 0. The first-order chi connectivity index (χ1) is 18.5. The van der Waals surface area contributed by atoms with Crippen molar-refractivity contribution in [2.75, 3.05) is 25.5 Å². The van der Waals surface area contributed by atoms with Crippen molar-refractivity contribution in [1.82, 2.24) is 34.5 Å². The number of rotatable bonds is 5. The molecule has 6 rings (SSSR count). The van der Waals surface area contributed by atoms with E-state index in [1.165, 1.54) is 18.7 Å². The lowest BCUT2D eigenvalue weighted by Gasteiger charge is -2.38. The van der Waals surface area contributed by atoms with Crippen LogP contribution in [0.15, 0.2) is 24.4 Å². The summed E-state index contributed by atoms with van der Waals surface area (Å²) < 4.78 is 79.7. The molecule has 15 heteroatoms. The van der Waals surface area contributed by atoms with Gasteiger partial charge in [0.2, 0.25) is 17.7 Å². The van der Waals surface area contributed by atoms with Gasteiger partial charge in [-0.05, 0) is 24.1 Å².